The molecule has 1 aromatic heterocycles. The summed E-state index contributed by atoms with van der Waals surface area (Å²) in [4.78, 5) is 11.3. The number of fused-ring (bicyclic) bond motifs is 1. The minimum atomic E-state index is 0.725. The number of hydrogen-bond acceptors (Lipinski definition) is 4. The Morgan fingerprint density at radius 1 is 1.33 bits per heavy atom. The van der Waals surface area contributed by atoms with E-state index in [1.165, 1.54) is 6.42 Å². The van der Waals surface area contributed by atoms with Crippen LogP contribution < -0.4 is 10.2 Å². The Kier molecular flexibility index (Phi) is 3.11. The van der Waals surface area contributed by atoms with Gasteiger partial charge in [0.25, 0.3) is 0 Å². The summed E-state index contributed by atoms with van der Waals surface area (Å²) in [5, 5.41) is 3.40. The fourth-order valence-corrected chi connectivity index (χ4v) is 2.48. The Morgan fingerprint density at radius 3 is 2.94 bits per heavy atom. The molecular weight excluding hydrogens is 224 g/mol. The lowest BCUT2D eigenvalue weighted by atomic mass is 10.1. The minimum Gasteiger partial charge on any atom is -0.358 e. The van der Waals surface area contributed by atoms with E-state index in [9.17, 15) is 0 Å². The molecule has 1 fully saturated rings. The second-order valence-corrected chi connectivity index (χ2v) is 4.96. The number of anilines is 1. The molecule has 0 saturated carbocycles. The van der Waals surface area contributed by atoms with Crippen LogP contribution >= 0.6 is 0 Å². The number of nitrogens with zero attached hydrogens (tertiary/aromatic N) is 3. The van der Waals surface area contributed by atoms with E-state index >= 15 is 0 Å². The standard InChI is InChI=1S/C14H18N4/c1-18(10-11-6-7-15-8-11)14-9-16-12-4-2-3-5-13(12)17-14/h2-5,9,11,15H,6-8,10H2,1H3/t11-/m1/s1. The van der Waals surface area contributed by atoms with Gasteiger partial charge in [0, 0.05) is 13.6 Å². The smallest absolute Gasteiger partial charge is 0.147 e. The third-order valence-electron chi connectivity index (χ3n) is 3.52. The number of para-hydroxylation sites is 2. The highest BCUT2D eigenvalue weighted by Crippen LogP contribution is 2.17. The fourth-order valence-electron chi connectivity index (χ4n) is 2.48. The summed E-state index contributed by atoms with van der Waals surface area (Å²) in [5.41, 5.74) is 1.92. The summed E-state index contributed by atoms with van der Waals surface area (Å²) in [6.07, 6.45) is 3.12. The van der Waals surface area contributed by atoms with Crippen LogP contribution in [0.2, 0.25) is 0 Å². The lowest BCUT2D eigenvalue weighted by molar-refractivity contribution is 0.576. The van der Waals surface area contributed by atoms with Crippen LogP contribution in [0.4, 0.5) is 5.82 Å². The molecule has 1 aromatic carbocycles. The summed E-state index contributed by atoms with van der Waals surface area (Å²) in [7, 11) is 2.09. The molecule has 0 bridgehead atoms. The normalized spacial score (nSPS) is 19.3. The Bertz CT molecular complexity index is 534. The van der Waals surface area contributed by atoms with E-state index in [1.807, 2.05) is 30.5 Å². The average Bonchev–Trinajstić information content (AvgIpc) is 2.91. The summed E-state index contributed by atoms with van der Waals surface area (Å²) in [6.45, 7) is 3.30. The molecule has 3 rings (SSSR count). The zero-order chi connectivity index (χ0) is 12.4. The lowest BCUT2D eigenvalue weighted by Gasteiger charge is -2.21. The number of hydrogen-bond donors (Lipinski definition) is 1. The number of rotatable bonds is 3. The zero-order valence-corrected chi connectivity index (χ0v) is 10.6. The molecule has 1 N–H and O–H groups in total. The van der Waals surface area contributed by atoms with Gasteiger partial charge in [0.15, 0.2) is 0 Å². The molecule has 2 heterocycles. The van der Waals surface area contributed by atoms with Gasteiger partial charge in [-0.05, 0) is 37.6 Å². The minimum absolute atomic E-state index is 0.725. The average molecular weight is 242 g/mol. The van der Waals surface area contributed by atoms with Gasteiger partial charge in [-0.3, -0.25) is 4.98 Å². The molecule has 1 aliphatic heterocycles. The van der Waals surface area contributed by atoms with Gasteiger partial charge < -0.3 is 10.2 Å². The number of aromatic nitrogens is 2. The molecule has 4 heteroatoms. The molecule has 1 saturated heterocycles. The van der Waals surface area contributed by atoms with Crippen molar-refractivity contribution in [3.63, 3.8) is 0 Å². The highest BCUT2D eigenvalue weighted by Gasteiger charge is 2.17. The van der Waals surface area contributed by atoms with Crippen LogP contribution in [0.3, 0.4) is 0 Å². The van der Waals surface area contributed by atoms with Crippen LogP contribution in [-0.4, -0.2) is 36.6 Å². The maximum absolute atomic E-state index is 4.66. The third kappa shape index (κ3) is 2.29. The van der Waals surface area contributed by atoms with Gasteiger partial charge in [0.2, 0.25) is 0 Å². The monoisotopic (exact) mass is 242 g/mol. The van der Waals surface area contributed by atoms with E-state index in [0.29, 0.717) is 0 Å². The van der Waals surface area contributed by atoms with Crippen molar-refractivity contribution < 1.29 is 0 Å². The first-order valence-corrected chi connectivity index (χ1v) is 6.46. The van der Waals surface area contributed by atoms with E-state index in [4.69, 9.17) is 0 Å². The van der Waals surface area contributed by atoms with Gasteiger partial charge >= 0.3 is 0 Å². The zero-order valence-electron chi connectivity index (χ0n) is 10.6. The largest absolute Gasteiger partial charge is 0.358 e. The summed E-state index contributed by atoms with van der Waals surface area (Å²) < 4.78 is 0. The van der Waals surface area contributed by atoms with Crippen molar-refractivity contribution in [3.05, 3.63) is 30.5 Å². The maximum atomic E-state index is 4.66. The topological polar surface area (TPSA) is 41.0 Å². The third-order valence-corrected chi connectivity index (χ3v) is 3.52. The highest BCUT2D eigenvalue weighted by molar-refractivity contribution is 5.75. The first-order chi connectivity index (χ1) is 8.83. The van der Waals surface area contributed by atoms with Crippen molar-refractivity contribution in [1.29, 1.82) is 0 Å². The van der Waals surface area contributed by atoms with Crippen LogP contribution in [0.1, 0.15) is 6.42 Å². The Labute approximate surface area is 107 Å². The van der Waals surface area contributed by atoms with Gasteiger partial charge in [-0.15, -0.1) is 0 Å². The SMILES string of the molecule is CN(C[C@@H]1CCNC1)c1cnc2ccccc2n1. The first-order valence-electron chi connectivity index (χ1n) is 6.46. The Hall–Kier alpha value is -1.68. The van der Waals surface area contributed by atoms with E-state index in [0.717, 1.165) is 42.4 Å². The van der Waals surface area contributed by atoms with Crippen molar-refractivity contribution in [2.45, 2.75) is 6.42 Å². The predicted molar refractivity (Wildman–Crippen MR) is 73.8 cm³/mol. The number of nitrogens with one attached hydrogen (secondary N) is 1. The molecule has 94 valence electrons. The van der Waals surface area contributed by atoms with Crippen molar-refractivity contribution in [1.82, 2.24) is 15.3 Å². The van der Waals surface area contributed by atoms with Crippen LogP contribution in [0, 0.1) is 5.92 Å². The van der Waals surface area contributed by atoms with Crippen LogP contribution in [0.5, 0.6) is 0 Å². The molecule has 0 radical (unpaired) electrons. The fraction of sp³-hybridized carbons (Fsp3) is 0.429. The second-order valence-electron chi connectivity index (χ2n) is 4.96. The van der Waals surface area contributed by atoms with E-state index in [1.54, 1.807) is 0 Å². The molecule has 4 nitrogen and oxygen atoms in total. The molecule has 0 amide bonds. The molecule has 1 atom stereocenters. The van der Waals surface area contributed by atoms with Gasteiger partial charge in [0.1, 0.15) is 5.82 Å². The molecule has 18 heavy (non-hydrogen) atoms. The van der Waals surface area contributed by atoms with Crippen molar-refractivity contribution >= 4 is 16.9 Å². The summed E-state index contributed by atoms with van der Waals surface area (Å²) in [6, 6.07) is 8.00. The molecule has 1 aliphatic rings. The summed E-state index contributed by atoms with van der Waals surface area (Å²) >= 11 is 0. The molecule has 0 aliphatic carbocycles. The predicted octanol–water partition coefficient (Wildman–Crippen LogP) is 1.68. The van der Waals surface area contributed by atoms with E-state index in [-0.39, 0.29) is 0 Å². The van der Waals surface area contributed by atoms with E-state index < -0.39 is 0 Å². The van der Waals surface area contributed by atoms with Crippen LogP contribution in [0.15, 0.2) is 30.5 Å². The Balaban J connectivity index is 1.80. The van der Waals surface area contributed by atoms with Crippen molar-refractivity contribution in [2.24, 2.45) is 5.92 Å². The van der Waals surface area contributed by atoms with E-state index in [2.05, 4.69) is 27.2 Å². The van der Waals surface area contributed by atoms with Gasteiger partial charge in [-0.1, -0.05) is 12.1 Å². The van der Waals surface area contributed by atoms with Gasteiger partial charge in [-0.25, -0.2) is 4.98 Å². The van der Waals surface area contributed by atoms with Gasteiger partial charge in [0.05, 0.1) is 17.2 Å². The molecular formula is C14H18N4. The molecule has 2 aromatic rings. The first kappa shape index (κ1) is 11.4. The van der Waals surface area contributed by atoms with Crippen molar-refractivity contribution in [3.8, 4) is 0 Å². The lowest BCUT2D eigenvalue weighted by Crippen LogP contribution is -2.27. The Morgan fingerprint density at radius 2 is 2.17 bits per heavy atom. The van der Waals surface area contributed by atoms with Crippen molar-refractivity contribution in [2.75, 3.05) is 31.6 Å². The summed E-state index contributed by atoms with van der Waals surface area (Å²) in [5.74, 6) is 1.68. The van der Waals surface area contributed by atoms with Crippen LogP contribution in [-0.2, 0) is 0 Å². The quantitative estimate of drug-likeness (QED) is 0.889. The van der Waals surface area contributed by atoms with Gasteiger partial charge in [-0.2, -0.15) is 0 Å². The highest BCUT2D eigenvalue weighted by atomic mass is 15.2. The van der Waals surface area contributed by atoms with Crippen LogP contribution in [0.25, 0.3) is 11.0 Å². The molecule has 0 spiro atoms. The molecule has 0 unspecified atom stereocenters. The number of benzene rings is 1. The maximum Gasteiger partial charge on any atom is 0.147 e. The second kappa shape index (κ2) is 4.90.